The zero-order chi connectivity index (χ0) is 13.8. The lowest BCUT2D eigenvalue weighted by atomic mass is 10.2. The lowest BCUT2D eigenvalue weighted by Crippen LogP contribution is -2.45. The Morgan fingerprint density at radius 1 is 1.47 bits per heavy atom. The predicted molar refractivity (Wildman–Crippen MR) is 75.1 cm³/mol. The smallest absolute Gasteiger partial charge is 0.263 e. The van der Waals surface area contributed by atoms with Crippen molar-refractivity contribution in [3.63, 3.8) is 0 Å². The van der Waals surface area contributed by atoms with Gasteiger partial charge in [-0.2, -0.15) is 0 Å². The highest BCUT2D eigenvalue weighted by atomic mass is 16.5. The number of carbonyl (C=O) groups is 1. The zero-order valence-corrected chi connectivity index (χ0v) is 11.6. The van der Waals surface area contributed by atoms with Crippen LogP contribution in [0.1, 0.15) is 25.3 Å². The highest BCUT2D eigenvalue weighted by Gasteiger charge is 2.31. The molecular weight excluding hydrogens is 240 g/mol. The van der Waals surface area contributed by atoms with Gasteiger partial charge in [0.2, 0.25) is 0 Å². The van der Waals surface area contributed by atoms with Crippen LogP contribution in [0.3, 0.4) is 0 Å². The van der Waals surface area contributed by atoms with Gasteiger partial charge in [-0.1, -0.05) is 17.7 Å². The van der Waals surface area contributed by atoms with Crippen LogP contribution in [0.2, 0.25) is 0 Å². The maximum absolute atomic E-state index is 12.3. The minimum absolute atomic E-state index is 0.0357. The number of hydrogen-bond donors (Lipinski definition) is 1. The number of nitrogens with zero attached hydrogens (tertiary/aromatic N) is 1. The molecule has 0 saturated carbocycles. The molecule has 1 heterocycles. The van der Waals surface area contributed by atoms with Crippen LogP contribution in [0.4, 0.5) is 0 Å². The number of amides is 1. The highest BCUT2D eigenvalue weighted by Crippen LogP contribution is 2.19. The van der Waals surface area contributed by atoms with Gasteiger partial charge in [-0.3, -0.25) is 4.79 Å². The molecule has 1 aromatic rings. The van der Waals surface area contributed by atoms with E-state index in [0.717, 1.165) is 25.1 Å². The van der Waals surface area contributed by atoms with Gasteiger partial charge in [-0.15, -0.1) is 0 Å². The first kappa shape index (κ1) is 13.9. The number of rotatable bonds is 4. The van der Waals surface area contributed by atoms with Gasteiger partial charge in [-0.25, -0.2) is 0 Å². The lowest BCUT2D eigenvalue weighted by molar-refractivity contribution is -0.138. The van der Waals surface area contributed by atoms with Crippen molar-refractivity contribution in [2.45, 2.75) is 38.8 Å². The molecule has 4 nitrogen and oxygen atoms in total. The molecule has 104 valence electrons. The molecule has 4 heteroatoms. The molecule has 0 spiro atoms. The SMILES string of the molecule is Cc1ccc(O[C@@H](C)C(=O)N2CCC[C@@H]2CN)cc1. The Labute approximate surface area is 114 Å². The Kier molecular flexibility index (Phi) is 4.43. The van der Waals surface area contributed by atoms with Crippen LogP contribution in [0.25, 0.3) is 0 Å². The average Bonchev–Trinajstić information content (AvgIpc) is 2.88. The van der Waals surface area contributed by atoms with E-state index in [1.165, 1.54) is 5.56 Å². The Morgan fingerprint density at radius 3 is 2.79 bits per heavy atom. The zero-order valence-electron chi connectivity index (χ0n) is 11.6. The first-order chi connectivity index (χ1) is 9.11. The van der Waals surface area contributed by atoms with E-state index in [1.807, 2.05) is 36.1 Å². The summed E-state index contributed by atoms with van der Waals surface area (Å²) in [4.78, 5) is 14.2. The number of likely N-dealkylation sites (tertiary alicyclic amines) is 1. The fourth-order valence-corrected chi connectivity index (χ4v) is 2.48. The van der Waals surface area contributed by atoms with Gasteiger partial charge in [0.15, 0.2) is 6.10 Å². The molecule has 0 bridgehead atoms. The molecule has 1 fully saturated rings. The Bertz CT molecular complexity index is 430. The van der Waals surface area contributed by atoms with E-state index < -0.39 is 6.10 Å². The average molecular weight is 262 g/mol. The summed E-state index contributed by atoms with van der Waals surface area (Å²) in [5.74, 6) is 0.767. The first-order valence-corrected chi connectivity index (χ1v) is 6.85. The number of carbonyl (C=O) groups excluding carboxylic acids is 1. The first-order valence-electron chi connectivity index (χ1n) is 6.85. The molecule has 2 atom stereocenters. The summed E-state index contributed by atoms with van der Waals surface area (Å²) in [7, 11) is 0. The number of hydrogen-bond acceptors (Lipinski definition) is 3. The van der Waals surface area contributed by atoms with Crippen molar-refractivity contribution in [2.75, 3.05) is 13.1 Å². The molecule has 0 aliphatic carbocycles. The van der Waals surface area contributed by atoms with Crippen LogP contribution in [-0.4, -0.2) is 36.0 Å². The van der Waals surface area contributed by atoms with Crippen LogP contribution in [-0.2, 0) is 4.79 Å². The summed E-state index contributed by atoms with van der Waals surface area (Å²) in [5, 5.41) is 0. The second kappa shape index (κ2) is 6.06. The topological polar surface area (TPSA) is 55.6 Å². The fraction of sp³-hybridized carbons (Fsp3) is 0.533. The Balaban J connectivity index is 1.97. The fourth-order valence-electron chi connectivity index (χ4n) is 2.48. The standard InChI is InChI=1S/C15H22N2O2/c1-11-5-7-14(8-6-11)19-12(2)15(18)17-9-3-4-13(17)10-16/h5-8,12-13H,3-4,9-10,16H2,1-2H3/t12-,13+/m0/s1. The summed E-state index contributed by atoms with van der Waals surface area (Å²) in [5.41, 5.74) is 6.87. The molecule has 0 radical (unpaired) electrons. The summed E-state index contributed by atoms with van der Waals surface area (Å²) >= 11 is 0. The summed E-state index contributed by atoms with van der Waals surface area (Å²) in [6.07, 6.45) is 1.57. The third-order valence-corrected chi connectivity index (χ3v) is 3.61. The normalized spacial score (nSPS) is 20.4. The van der Waals surface area contributed by atoms with Gasteiger partial charge < -0.3 is 15.4 Å². The third kappa shape index (κ3) is 3.26. The highest BCUT2D eigenvalue weighted by molar-refractivity contribution is 5.81. The van der Waals surface area contributed by atoms with Gasteiger partial charge in [0.25, 0.3) is 5.91 Å². The molecule has 0 unspecified atom stereocenters. The second-order valence-electron chi connectivity index (χ2n) is 5.14. The van der Waals surface area contributed by atoms with Gasteiger partial charge in [0.1, 0.15) is 5.75 Å². The van der Waals surface area contributed by atoms with Crippen molar-refractivity contribution in [1.29, 1.82) is 0 Å². The van der Waals surface area contributed by atoms with Crippen LogP contribution < -0.4 is 10.5 Å². The van der Waals surface area contributed by atoms with Crippen molar-refractivity contribution in [3.05, 3.63) is 29.8 Å². The quantitative estimate of drug-likeness (QED) is 0.898. The lowest BCUT2D eigenvalue weighted by Gasteiger charge is -2.26. The molecule has 19 heavy (non-hydrogen) atoms. The molecule has 1 aliphatic heterocycles. The number of ether oxygens (including phenoxy) is 1. The summed E-state index contributed by atoms with van der Waals surface area (Å²) < 4.78 is 5.70. The predicted octanol–water partition coefficient (Wildman–Crippen LogP) is 1.71. The van der Waals surface area contributed by atoms with E-state index in [0.29, 0.717) is 6.54 Å². The molecule has 1 amide bonds. The van der Waals surface area contributed by atoms with Crippen molar-refractivity contribution in [3.8, 4) is 5.75 Å². The minimum Gasteiger partial charge on any atom is -0.481 e. The van der Waals surface area contributed by atoms with Crippen molar-refractivity contribution in [2.24, 2.45) is 5.73 Å². The molecular formula is C15H22N2O2. The maximum atomic E-state index is 12.3. The van der Waals surface area contributed by atoms with E-state index in [2.05, 4.69) is 0 Å². The van der Waals surface area contributed by atoms with Crippen LogP contribution in [0.15, 0.2) is 24.3 Å². The number of aryl methyl sites for hydroxylation is 1. The third-order valence-electron chi connectivity index (χ3n) is 3.61. The Hall–Kier alpha value is -1.55. The van der Waals surface area contributed by atoms with E-state index in [1.54, 1.807) is 6.92 Å². The van der Waals surface area contributed by atoms with Crippen molar-refractivity contribution < 1.29 is 9.53 Å². The molecule has 0 aromatic heterocycles. The van der Waals surface area contributed by atoms with E-state index in [-0.39, 0.29) is 11.9 Å². The van der Waals surface area contributed by atoms with Crippen molar-refractivity contribution >= 4 is 5.91 Å². The van der Waals surface area contributed by atoms with Gasteiger partial charge in [0, 0.05) is 19.1 Å². The number of nitrogens with two attached hydrogens (primary N) is 1. The molecule has 1 aliphatic rings. The van der Waals surface area contributed by atoms with E-state index in [9.17, 15) is 4.79 Å². The Morgan fingerprint density at radius 2 is 2.16 bits per heavy atom. The summed E-state index contributed by atoms with van der Waals surface area (Å²) in [6.45, 7) is 5.15. The maximum Gasteiger partial charge on any atom is 0.263 e. The monoisotopic (exact) mass is 262 g/mol. The van der Waals surface area contributed by atoms with Crippen molar-refractivity contribution in [1.82, 2.24) is 4.90 Å². The van der Waals surface area contributed by atoms with Crippen LogP contribution >= 0.6 is 0 Å². The van der Waals surface area contributed by atoms with Gasteiger partial charge in [-0.05, 0) is 38.8 Å². The number of benzene rings is 1. The van der Waals surface area contributed by atoms with Crippen LogP contribution in [0.5, 0.6) is 5.75 Å². The largest absolute Gasteiger partial charge is 0.481 e. The van der Waals surface area contributed by atoms with Gasteiger partial charge in [0.05, 0.1) is 0 Å². The molecule has 1 saturated heterocycles. The minimum atomic E-state index is -0.463. The molecule has 1 aromatic carbocycles. The van der Waals surface area contributed by atoms with E-state index >= 15 is 0 Å². The van der Waals surface area contributed by atoms with Crippen LogP contribution in [0, 0.1) is 6.92 Å². The second-order valence-corrected chi connectivity index (χ2v) is 5.14. The molecule has 2 rings (SSSR count). The van der Waals surface area contributed by atoms with Gasteiger partial charge >= 0.3 is 0 Å². The van der Waals surface area contributed by atoms with E-state index in [4.69, 9.17) is 10.5 Å². The summed E-state index contributed by atoms with van der Waals surface area (Å²) in [6, 6.07) is 7.92. The molecule has 2 N–H and O–H groups in total.